The molecule has 0 radical (unpaired) electrons. The van der Waals surface area contributed by atoms with Crippen molar-refractivity contribution in [3.05, 3.63) is 29.1 Å². The van der Waals surface area contributed by atoms with Crippen LogP contribution in [0, 0.1) is 23.1 Å². The van der Waals surface area contributed by atoms with Crippen LogP contribution in [0.5, 0.6) is 5.75 Å². The largest absolute Gasteiger partial charge is 0.493 e. The van der Waals surface area contributed by atoms with Crippen molar-refractivity contribution in [1.29, 1.82) is 0 Å². The molecule has 3 saturated carbocycles. The van der Waals surface area contributed by atoms with E-state index in [-0.39, 0.29) is 17.0 Å². The molecule has 5 unspecified atom stereocenters. The quantitative estimate of drug-likeness (QED) is 0.692. The van der Waals surface area contributed by atoms with Crippen molar-refractivity contribution in [2.24, 2.45) is 17.3 Å². The molecule has 31 heavy (non-hydrogen) atoms. The lowest BCUT2D eigenvalue weighted by Gasteiger charge is -2.45. The van der Waals surface area contributed by atoms with E-state index in [2.05, 4.69) is 6.92 Å². The van der Waals surface area contributed by atoms with Crippen molar-refractivity contribution in [2.75, 3.05) is 6.61 Å². The van der Waals surface area contributed by atoms with Crippen LogP contribution in [0.1, 0.15) is 87.1 Å². The predicted octanol–water partition coefficient (Wildman–Crippen LogP) is 4.99. The Morgan fingerprint density at radius 1 is 1.19 bits per heavy atom. The van der Waals surface area contributed by atoms with Crippen molar-refractivity contribution in [3.8, 4) is 5.75 Å². The molecular formula is C25H32FNO4. The summed E-state index contributed by atoms with van der Waals surface area (Å²) in [6.07, 6.45) is 7.94. The van der Waals surface area contributed by atoms with Crippen LogP contribution in [0.25, 0.3) is 0 Å². The van der Waals surface area contributed by atoms with Gasteiger partial charge in [0.1, 0.15) is 17.6 Å². The number of carboxylic acids is 1. The summed E-state index contributed by atoms with van der Waals surface area (Å²) in [5.74, 6) is 0.148. The number of nitrogens with zero attached hydrogens (tertiary/aromatic N) is 1. The van der Waals surface area contributed by atoms with Crippen LogP contribution in [-0.2, 0) is 4.79 Å². The molecule has 3 aliphatic carbocycles. The van der Waals surface area contributed by atoms with E-state index >= 15 is 4.39 Å². The molecule has 5 nitrogen and oxygen atoms in total. The molecule has 1 aliphatic heterocycles. The summed E-state index contributed by atoms with van der Waals surface area (Å²) in [6.45, 7) is 4.76. The van der Waals surface area contributed by atoms with Gasteiger partial charge < -0.3 is 14.7 Å². The Hall–Kier alpha value is -2.11. The van der Waals surface area contributed by atoms with Crippen LogP contribution in [0.4, 0.5) is 4.39 Å². The Morgan fingerprint density at radius 2 is 1.97 bits per heavy atom. The highest BCUT2D eigenvalue weighted by Crippen LogP contribution is 2.59. The molecule has 0 aromatic heterocycles. The number of amides is 1. The van der Waals surface area contributed by atoms with Gasteiger partial charge in [-0.15, -0.1) is 0 Å². The number of hydrogen-bond donors (Lipinski definition) is 1. The Kier molecular flexibility index (Phi) is 5.02. The number of ether oxygens (including phenoxy) is 1. The maximum atomic E-state index is 15.1. The molecule has 4 aliphatic rings. The van der Waals surface area contributed by atoms with Gasteiger partial charge in [0.25, 0.3) is 5.91 Å². The zero-order chi connectivity index (χ0) is 21.9. The van der Waals surface area contributed by atoms with Crippen LogP contribution >= 0.6 is 0 Å². The highest BCUT2D eigenvalue weighted by molar-refractivity contribution is 5.98. The number of aliphatic carboxylic acids is 1. The first-order valence-corrected chi connectivity index (χ1v) is 11.8. The van der Waals surface area contributed by atoms with E-state index < -0.39 is 23.7 Å². The molecule has 5 rings (SSSR count). The lowest BCUT2D eigenvalue weighted by atomic mass is 9.62. The lowest BCUT2D eigenvalue weighted by Crippen LogP contribution is -2.44. The Bertz CT molecular complexity index is 913. The third kappa shape index (κ3) is 3.52. The smallest absolute Gasteiger partial charge is 0.326 e. The van der Waals surface area contributed by atoms with E-state index in [1.807, 2.05) is 6.92 Å². The van der Waals surface area contributed by atoms with Gasteiger partial charge in [0.15, 0.2) is 0 Å². The number of halogens is 1. The van der Waals surface area contributed by atoms with Gasteiger partial charge in [-0.3, -0.25) is 4.79 Å². The van der Waals surface area contributed by atoms with Crippen molar-refractivity contribution >= 4 is 11.9 Å². The Balaban J connectivity index is 1.40. The standard InChI is InChI=1S/C25H32FNO4/c1-14-9-17-7-8-25(17,12-14)13-31-22-11-20(26)19(10-18(22)16-4-5-16)23(28)27-15(2)3-6-21(27)24(29)30/h10-11,14-17,21H,3-9,12-13H2,1-2H3,(H,29,30). The molecule has 1 amide bonds. The number of rotatable bonds is 6. The molecule has 6 heteroatoms. The fourth-order valence-corrected chi connectivity index (χ4v) is 6.41. The van der Waals surface area contributed by atoms with Crippen molar-refractivity contribution in [1.82, 2.24) is 4.90 Å². The van der Waals surface area contributed by atoms with E-state index in [4.69, 9.17) is 4.74 Å². The first-order chi connectivity index (χ1) is 14.8. The fraction of sp³-hybridized carbons (Fsp3) is 0.680. The summed E-state index contributed by atoms with van der Waals surface area (Å²) in [6, 6.07) is 1.91. The highest BCUT2D eigenvalue weighted by Gasteiger charge is 2.52. The zero-order valence-electron chi connectivity index (χ0n) is 18.4. The summed E-state index contributed by atoms with van der Waals surface area (Å²) in [4.78, 5) is 26.1. The van der Waals surface area contributed by atoms with Crippen molar-refractivity contribution < 1.29 is 23.8 Å². The molecule has 1 aromatic rings. The van der Waals surface area contributed by atoms with Gasteiger partial charge >= 0.3 is 5.97 Å². The fourth-order valence-electron chi connectivity index (χ4n) is 6.41. The average molecular weight is 430 g/mol. The molecule has 1 aromatic carbocycles. The minimum absolute atomic E-state index is 0.0246. The number of likely N-dealkylation sites (tertiary alicyclic amines) is 1. The number of carbonyl (C=O) groups excluding carboxylic acids is 1. The van der Waals surface area contributed by atoms with Crippen LogP contribution in [0.2, 0.25) is 0 Å². The van der Waals surface area contributed by atoms with Gasteiger partial charge in [0.2, 0.25) is 0 Å². The van der Waals surface area contributed by atoms with Crippen molar-refractivity contribution in [2.45, 2.75) is 83.2 Å². The maximum Gasteiger partial charge on any atom is 0.326 e. The van der Waals surface area contributed by atoms with Gasteiger partial charge in [0.05, 0.1) is 12.2 Å². The molecule has 4 fully saturated rings. The first kappa shape index (κ1) is 20.8. The molecular weight excluding hydrogens is 397 g/mol. The zero-order valence-corrected chi connectivity index (χ0v) is 18.4. The molecule has 1 saturated heterocycles. The van der Waals surface area contributed by atoms with Gasteiger partial charge in [-0.25, -0.2) is 9.18 Å². The second-order valence-electron chi connectivity index (χ2n) is 10.6. The summed E-state index contributed by atoms with van der Waals surface area (Å²) >= 11 is 0. The lowest BCUT2D eigenvalue weighted by molar-refractivity contribution is -0.141. The SMILES string of the molecule is CC1CC2CCC2(COc2cc(F)c(C(=O)N3C(C)CCC3C(=O)O)cc2C2CC2)C1. The molecule has 0 bridgehead atoms. The minimum atomic E-state index is -1.03. The minimum Gasteiger partial charge on any atom is -0.493 e. The number of hydrogen-bond acceptors (Lipinski definition) is 3. The second-order valence-corrected chi connectivity index (χ2v) is 10.6. The summed E-state index contributed by atoms with van der Waals surface area (Å²) in [7, 11) is 0. The summed E-state index contributed by atoms with van der Waals surface area (Å²) < 4.78 is 21.4. The number of carbonyl (C=O) groups is 2. The second kappa shape index (κ2) is 7.49. The normalized spacial score (nSPS) is 34.4. The molecule has 1 heterocycles. The third-order valence-electron chi connectivity index (χ3n) is 8.35. The third-order valence-corrected chi connectivity index (χ3v) is 8.35. The molecule has 5 atom stereocenters. The molecule has 0 spiro atoms. The average Bonchev–Trinajstić information content (AvgIpc) is 3.44. The number of benzene rings is 1. The van der Waals surface area contributed by atoms with Gasteiger partial charge in [0, 0.05) is 17.5 Å². The predicted molar refractivity (Wildman–Crippen MR) is 114 cm³/mol. The van der Waals surface area contributed by atoms with E-state index in [0.717, 1.165) is 30.2 Å². The topological polar surface area (TPSA) is 66.8 Å². The monoisotopic (exact) mass is 429 g/mol. The molecule has 1 N–H and O–H groups in total. The highest BCUT2D eigenvalue weighted by atomic mass is 19.1. The van der Waals surface area contributed by atoms with E-state index in [1.165, 1.54) is 36.6 Å². The van der Waals surface area contributed by atoms with E-state index in [0.29, 0.717) is 31.1 Å². The number of fused-ring (bicyclic) bond motifs is 1. The van der Waals surface area contributed by atoms with E-state index in [1.54, 1.807) is 6.07 Å². The van der Waals surface area contributed by atoms with Crippen LogP contribution in [-0.4, -0.2) is 40.6 Å². The Morgan fingerprint density at radius 3 is 2.58 bits per heavy atom. The number of carboxylic acid groups (broad SMARTS) is 1. The Labute approximate surface area is 182 Å². The maximum absolute atomic E-state index is 15.1. The van der Waals surface area contributed by atoms with Gasteiger partial charge in [-0.05, 0) is 87.7 Å². The van der Waals surface area contributed by atoms with Gasteiger partial charge in [-0.1, -0.05) is 6.92 Å². The first-order valence-electron chi connectivity index (χ1n) is 11.8. The summed E-state index contributed by atoms with van der Waals surface area (Å²) in [5.41, 5.74) is 1.12. The van der Waals surface area contributed by atoms with E-state index in [9.17, 15) is 14.7 Å². The van der Waals surface area contributed by atoms with Crippen LogP contribution in [0.3, 0.4) is 0 Å². The van der Waals surface area contributed by atoms with Gasteiger partial charge in [-0.2, -0.15) is 0 Å². The molecule has 168 valence electrons. The van der Waals surface area contributed by atoms with Crippen molar-refractivity contribution in [3.63, 3.8) is 0 Å². The van der Waals surface area contributed by atoms with Crippen LogP contribution < -0.4 is 4.74 Å². The summed E-state index contributed by atoms with van der Waals surface area (Å²) in [5, 5.41) is 9.50. The van der Waals surface area contributed by atoms with Crippen LogP contribution in [0.15, 0.2) is 12.1 Å².